The van der Waals surface area contributed by atoms with Crippen LogP contribution in [0.2, 0.25) is 0 Å². The number of alkyl halides is 5. The summed E-state index contributed by atoms with van der Waals surface area (Å²) < 4.78 is 66.5. The molecule has 26 heavy (non-hydrogen) atoms. The lowest BCUT2D eigenvalue weighted by molar-refractivity contribution is -0.289. The number of benzene rings is 1. The Bertz CT molecular complexity index is 949. The van der Waals surface area contributed by atoms with Crippen LogP contribution in [0.4, 0.5) is 22.0 Å². The number of fused-ring (bicyclic) bond motifs is 1. The summed E-state index contributed by atoms with van der Waals surface area (Å²) in [6.45, 7) is 1.99. The average Bonchev–Trinajstić information content (AvgIpc) is 2.91. The number of thioether (sulfide) groups is 1. The zero-order valence-corrected chi connectivity index (χ0v) is 14.6. The molecule has 0 bridgehead atoms. The van der Waals surface area contributed by atoms with Gasteiger partial charge in [-0.2, -0.15) is 22.0 Å². The smallest absolute Gasteiger partial charge is 0.312 e. The molecule has 0 aliphatic rings. The second-order valence-electron chi connectivity index (χ2n) is 5.56. The van der Waals surface area contributed by atoms with Gasteiger partial charge in [0.2, 0.25) is 0 Å². The first kappa shape index (κ1) is 18.6. The summed E-state index contributed by atoms with van der Waals surface area (Å²) in [5, 5.41) is 0. The number of imidazole rings is 1. The Morgan fingerprint density at radius 1 is 1.12 bits per heavy atom. The van der Waals surface area contributed by atoms with Crippen molar-refractivity contribution in [3.63, 3.8) is 0 Å². The van der Waals surface area contributed by atoms with E-state index in [-0.39, 0.29) is 11.2 Å². The lowest BCUT2D eigenvalue weighted by atomic mass is 10.1. The highest BCUT2D eigenvalue weighted by atomic mass is 32.2. The lowest BCUT2D eigenvalue weighted by Gasteiger charge is -2.19. The predicted molar refractivity (Wildman–Crippen MR) is 90.3 cm³/mol. The van der Waals surface area contributed by atoms with Crippen molar-refractivity contribution in [2.75, 3.05) is 5.75 Å². The monoisotopic (exact) mass is 387 g/mol. The summed E-state index contributed by atoms with van der Waals surface area (Å²) in [5.74, 6) is -3.71. The Morgan fingerprint density at radius 3 is 2.46 bits per heavy atom. The third-order valence-corrected chi connectivity index (χ3v) is 4.81. The van der Waals surface area contributed by atoms with E-state index in [1.54, 1.807) is 23.4 Å². The fraction of sp³-hybridized carbons (Fsp3) is 0.294. The first-order chi connectivity index (χ1) is 12.2. The first-order valence-corrected chi connectivity index (χ1v) is 8.65. The van der Waals surface area contributed by atoms with E-state index in [4.69, 9.17) is 0 Å². The van der Waals surface area contributed by atoms with Crippen LogP contribution in [0.25, 0.3) is 22.6 Å². The number of hydrogen-bond acceptors (Lipinski definition) is 3. The van der Waals surface area contributed by atoms with Crippen LogP contribution in [0.5, 0.6) is 0 Å². The van der Waals surface area contributed by atoms with Crippen LogP contribution in [0.15, 0.2) is 41.4 Å². The number of halogens is 5. The third-order valence-electron chi connectivity index (χ3n) is 3.86. The van der Waals surface area contributed by atoms with Gasteiger partial charge in [-0.15, -0.1) is 11.8 Å². The Hall–Kier alpha value is -2.16. The minimum Gasteiger partial charge on any atom is -0.312 e. The second-order valence-corrected chi connectivity index (χ2v) is 6.87. The van der Waals surface area contributed by atoms with Crippen molar-refractivity contribution >= 4 is 22.9 Å². The molecule has 0 spiro atoms. The van der Waals surface area contributed by atoms with Crippen LogP contribution >= 0.6 is 11.8 Å². The maximum Gasteiger partial charge on any atom is 0.458 e. The largest absolute Gasteiger partial charge is 0.458 e. The van der Waals surface area contributed by atoms with Crippen molar-refractivity contribution in [3.05, 3.63) is 42.1 Å². The molecule has 3 nitrogen and oxygen atoms in total. The molecule has 3 rings (SSSR count). The SMILES string of the molecule is CCSc1ccccc1-c1nc2cc(C(F)(F)C(F)(F)F)cnc2n1C. The molecule has 0 unspecified atom stereocenters. The number of nitrogens with zero attached hydrogens (tertiary/aromatic N) is 3. The summed E-state index contributed by atoms with van der Waals surface area (Å²) in [6, 6.07) is 8.15. The summed E-state index contributed by atoms with van der Waals surface area (Å²) in [4.78, 5) is 9.00. The highest BCUT2D eigenvalue weighted by molar-refractivity contribution is 7.99. The molecule has 0 aliphatic carbocycles. The minimum atomic E-state index is -5.69. The molecule has 0 saturated carbocycles. The summed E-state index contributed by atoms with van der Waals surface area (Å²) in [6.07, 6.45) is -5.14. The molecule has 0 amide bonds. The van der Waals surface area contributed by atoms with E-state index in [1.807, 2.05) is 31.2 Å². The molecule has 0 radical (unpaired) electrons. The fourth-order valence-corrected chi connectivity index (χ4v) is 3.39. The Kier molecular flexibility index (Phi) is 4.68. The van der Waals surface area contributed by atoms with Crippen molar-refractivity contribution in [3.8, 4) is 11.4 Å². The zero-order chi connectivity index (χ0) is 19.1. The number of aryl methyl sites for hydroxylation is 1. The van der Waals surface area contributed by atoms with Crippen LogP contribution < -0.4 is 0 Å². The van der Waals surface area contributed by atoms with Crippen molar-refractivity contribution in [1.82, 2.24) is 14.5 Å². The van der Waals surface area contributed by atoms with Gasteiger partial charge in [0, 0.05) is 23.7 Å². The standard InChI is InChI=1S/C17H14F5N3S/c1-3-26-13-7-5-4-6-11(13)14-24-12-8-10(9-23-15(12)25(14)2)16(18,19)17(20,21)22/h4-9H,3H2,1-2H3. The number of pyridine rings is 1. The van der Waals surface area contributed by atoms with E-state index in [1.165, 1.54) is 0 Å². The van der Waals surface area contributed by atoms with Gasteiger partial charge in [0.1, 0.15) is 11.3 Å². The van der Waals surface area contributed by atoms with E-state index >= 15 is 0 Å². The van der Waals surface area contributed by atoms with Gasteiger partial charge in [-0.05, 0) is 17.9 Å². The molecule has 0 aliphatic heterocycles. The van der Waals surface area contributed by atoms with Gasteiger partial charge >= 0.3 is 12.1 Å². The molecule has 2 heterocycles. The van der Waals surface area contributed by atoms with E-state index in [0.29, 0.717) is 12.0 Å². The van der Waals surface area contributed by atoms with Crippen molar-refractivity contribution < 1.29 is 22.0 Å². The van der Waals surface area contributed by atoms with Gasteiger partial charge < -0.3 is 4.57 Å². The van der Waals surface area contributed by atoms with Crippen LogP contribution in [0.1, 0.15) is 12.5 Å². The number of aromatic nitrogens is 3. The molecular weight excluding hydrogens is 373 g/mol. The molecular formula is C17H14F5N3S. The Labute approximate surface area is 150 Å². The molecule has 9 heteroatoms. The average molecular weight is 387 g/mol. The summed E-state index contributed by atoms with van der Waals surface area (Å²) in [5.41, 5.74) is -0.236. The van der Waals surface area contributed by atoms with Crippen molar-refractivity contribution in [1.29, 1.82) is 0 Å². The van der Waals surface area contributed by atoms with Gasteiger partial charge in [0.05, 0.1) is 5.56 Å². The van der Waals surface area contributed by atoms with Crippen molar-refractivity contribution in [2.24, 2.45) is 7.05 Å². The third kappa shape index (κ3) is 3.04. The predicted octanol–water partition coefficient (Wildman–Crippen LogP) is 5.40. The summed E-state index contributed by atoms with van der Waals surface area (Å²) >= 11 is 1.58. The number of hydrogen-bond donors (Lipinski definition) is 0. The minimum absolute atomic E-state index is 0.0137. The molecule has 0 saturated heterocycles. The van der Waals surface area contributed by atoms with E-state index in [9.17, 15) is 22.0 Å². The molecule has 0 fully saturated rings. The maximum atomic E-state index is 13.6. The fourth-order valence-electron chi connectivity index (χ4n) is 2.59. The van der Waals surface area contributed by atoms with Gasteiger partial charge in [-0.25, -0.2) is 9.97 Å². The lowest BCUT2D eigenvalue weighted by Crippen LogP contribution is -2.33. The Balaban J connectivity index is 2.16. The molecule has 3 aromatic rings. The molecule has 0 N–H and O–H groups in total. The topological polar surface area (TPSA) is 30.7 Å². The van der Waals surface area contributed by atoms with E-state index in [0.717, 1.165) is 22.3 Å². The van der Waals surface area contributed by atoms with Crippen LogP contribution in [0.3, 0.4) is 0 Å². The molecule has 0 atom stereocenters. The highest BCUT2D eigenvalue weighted by Crippen LogP contribution is 2.44. The van der Waals surface area contributed by atoms with Crippen LogP contribution in [-0.4, -0.2) is 26.5 Å². The number of rotatable bonds is 4. The van der Waals surface area contributed by atoms with Crippen LogP contribution in [0, 0.1) is 0 Å². The van der Waals surface area contributed by atoms with Crippen LogP contribution in [-0.2, 0) is 13.0 Å². The zero-order valence-electron chi connectivity index (χ0n) is 13.8. The van der Waals surface area contributed by atoms with Gasteiger partial charge in [0.15, 0.2) is 5.65 Å². The maximum absolute atomic E-state index is 13.6. The highest BCUT2D eigenvalue weighted by Gasteiger charge is 2.59. The van der Waals surface area contributed by atoms with E-state index < -0.39 is 17.7 Å². The van der Waals surface area contributed by atoms with Gasteiger partial charge in [-0.1, -0.05) is 25.1 Å². The normalized spacial score (nSPS) is 12.7. The van der Waals surface area contributed by atoms with Crippen molar-refractivity contribution in [2.45, 2.75) is 23.9 Å². The van der Waals surface area contributed by atoms with Gasteiger partial charge in [-0.3, -0.25) is 0 Å². The quantitative estimate of drug-likeness (QED) is 0.444. The molecule has 138 valence electrons. The first-order valence-electron chi connectivity index (χ1n) is 7.66. The van der Waals surface area contributed by atoms with Gasteiger partial charge in [0.25, 0.3) is 0 Å². The summed E-state index contributed by atoms with van der Waals surface area (Å²) in [7, 11) is 1.65. The van der Waals surface area contributed by atoms with E-state index in [2.05, 4.69) is 9.97 Å². The second kappa shape index (κ2) is 6.53. The molecule has 1 aromatic carbocycles. The Morgan fingerprint density at radius 2 is 1.81 bits per heavy atom. The molecule has 2 aromatic heterocycles.